The van der Waals surface area contributed by atoms with E-state index in [4.69, 9.17) is 4.74 Å². The molecule has 0 fully saturated rings. The van der Waals surface area contributed by atoms with Crippen LogP contribution in [0.25, 0.3) is 11.1 Å². The van der Waals surface area contributed by atoms with Gasteiger partial charge in [0.25, 0.3) is 12.3 Å². The van der Waals surface area contributed by atoms with Crippen LogP contribution in [0.15, 0.2) is 73.1 Å². The third kappa shape index (κ3) is 6.19. The highest BCUT2D eigenvalue weighted by atomic mass is 19.3. The molecule has 5 rings (SSSR count). The molecule has 0 bridgehead atoms. The molecule has 4 aromatic rings. The minimum Gasteiger partial charge on any atom is -0.491 e. The van der Waals surface area contributed by atoms with Crippen LogP contribution in [0.2, 0.25) is 0 Å². The molecule has 0 unspecified atom stereocenters. The van der Waals surface area contributed by atoms with Crippen LogP contribution in [0.3, 0.4) is 0 Å². The van der Waals surface area contributed by atoms with Crippen molar-refractivity contribution < 1.29 is 22.7 Å². The predicted molar refractivity (Wildman–Crippen MR) is 143 cm³/mol. The molecule has 3 aromatic carbocycles. The van der Waals surface area contributed by atoms with E-state index in [0.29, 0.717) is 31.7 Å². The molecule has 39 heavy (non-hydrogen) atoms. The number of carbonyl (C=O) groups excluding carboxylic acids is 1. The minimum atomic E-state index is -2.60. The van der Waals surface area contributed by atoms with Gasteiger partial charge in [0, 0.05) is 35.3 Å². The number of ether oxygens (including phenoxy) is 1. The van der Waals surface area contributed by atoms with Gasteiger partial charge in [-0.05, 0) is 60.0 Å². The summed E-state index contributed by atoms with van der Waals surface area (Å²) in [4.78, 5) is 23.3. The second-order valence-electron chi connectivity index (χ2n) is 9.34. The van der Waals surface area contributed by atoms with Crippen molar-refractivity contribution >= 4 is 11.7 Å². The molecule has 2 heterocycles. The zero-order valence-electron chi connectivity index (χ0n) is 21.3. The predicted octanol–water partition coefficient (Wildman–Crippen LogP) is 5.58. The Balaban J connectivity index is 1.39. The second kappa shape index (κ2) is 11.6. The number of hydrogen-bond donors (Lipinski definition) is 1. The number of anilines is 1. The Bertz CT molecular complexity index is 1460. The van der Waals surface area contributed by atoms with Gasteiger partial charge in [-0.25, -0.2) is 23.1 Å². The van der Waals surface area contributed by atoms with Crippen LogP contribution in [-0.4, -0.2) is 42.0 Å². The summed E-state index contributed by atoms with van der Waals surface area (Å²) in [5.41, 5.74) is 5.92. The summed E-state index contributed by atoms with van der Waals surface area (Å²) in [6.45, 7) is 2.93. The molecule has 200 valence electrons. The molecule has 9 heteroatoms. The van der Waals surface area contributed by atoms with Crippen molar-refractivity contribution in [2.45, 2.75) is 26.3 Å². The molecular weight excluding hydrogens is 505 g/mol. The fraction of sp³-hybridized carbons (Fsp3) is 0.233. The lowest BCUT2D eigenvalue weighted by molar-refractivity contribution is 0.0891. The Labute approximate surface area is 224 Å². The monoisotopic (exact) mass is 532 g/mol. The van der Waals surface area contributed by atoms with Crippen LogP contribution in [0, 0.1) is 12.7 Å². The molecular formula is C30H27F3N4O2. The third-order valence-electron chi connectivity index (χ3n) is 6.67. The first kappa shape index (κ1) is 26.2. The molecule has 1 aliphatic rings. The summed E-state index contributed by atoms with van der Waals surface area (Å²) in [5, 5.41) is 2.21. The van der Waals surface area contributed by atoms with Crippen molar-refractivity contribution in [1.82, 2.24) is 15.3 Å². The van der Waals surface area contributed by atoms with E-state index >= 15 is 0 Å². The normalized spacial score (nSPS) is 13.0. The fourth-order valence-corrected chi connectivity index (χ4v) is 4.61. The number of amides is 1. The van der Waals surface area contributed by atoms with Gasteiger partial charge in [0.2, 0.25) is 0 Å². The van der Waals surface area contributed by atoms with Crippen LogP contribution >= 0.6 is 0 Å². The number of hydrogen-bond acceptors (Lipinski definition) is 5. The van der Waals surface area contributed by atoms with Crippen molar-refractivity contribution in [1.29, 1.82) is 0 Å². The van der Waals surface area contributed by atoms with E-state index in [1.165, 1.54) is 12.1 Å². The average molecular weight is 533 g/mol. The molecule has 0 radical (unpaired) electrons. The molecule has 6 nitrogen and oxygen atoms in total. The van der Waals surface area contributed by atoms with E-state index in [9.17, 15) is 18.0 Å². The van der Waals surface area contributed by atoms with Crippen molar-refractivity contribution in [2.24, 2.45) is 0 Å². The topological polar surface area (TPSA) is 67.3 Å². The van der Waals surface area contributed by atoms with Gasteiger partial charge in [-0.3, -0.25) is 4.79 Å². The van der Waals surface area contributed by atoms with E-state index in [1.807, 2.05) is 25.1 Å². The summed E-state index contributed by atoms with van der Waals surface area (Å²) < 4.78 is 44.3. The third-order valence-corrected chi connectivity index (χ3v) is 6.67. The van der Waals surface area contributed by atoms with Crippen molar-refractivity contribution in [3.8, 4) is 16.9 Å². The standard InChI is InChI=1S/C30H27F3N4O2/c1-19-26(14-20-2-9-25(31)10-3-20)29(36-18-35-19)37-12-13-39-27-11-8-23(15-24(27)17-37)21-4-6-22(7-5-21)30(38)34-16-28(32)33/h2-11,15,18,28H,12-14,16-17H2,1H3,(H,34,38). The van der Waals surface area contributed by atoms with Gasteiger partial charge in [-0.1, -0.05) is 30.3 Å². The van der Waals surface area contributed by atoms with Gasteiger partial charge in [-0.2, -0.15) is 0 Å². The van der Waals surface area contributed by atoms with Gasteiger partial charge in [0.1, 0.15) is 30.3 Å². The Kier molecular flexibility index (Phi) is 7.76. The number of nitrogens with zero attached hydrogens (tertiary/aromatic N) is 3. The van der Waals surface area contributed by atoms with Crippen LogP contribution in [0.4, 0.5) is 19.0 Å². The fourth-order valence-electron chi connectivity index (χ4n) is 4.61. The van der Waals surface area contributed by atoms with Gasteiger partial charge in [0.05, 0.1) is 13.1 Å². The Morgan fingerprint density at radius 2 is 1.77 bits per heavy atom. The van der Waals surface area contributed by atoms with Crippen LogP contribution in [-0.2, 0) is 13.0 Å². The van der Waals surface area contributed by atoms with Crippen molar-refractivity contribution in [2.75, 3.05) is 24.6 Å². The van der Waals surface area contributed by atoms with Crippen LogP contribution in [0.5, 0.6) is 5.75 Å². The first-order chi connectivity index (χ1) is 18.9. The van der Waals surface area contributed by atoms with Gasteiger partial charge >= 0.3 is 0 Å². The van der Waals surface area contributed by atoms with Gasteiger partial charge in [-0.15, -0.1) is 0 Å². The van der Waals surface area contributed by atoms with E-state index in [2.05, 4.69) is 20.2 Å². The Morgan fingerprint density at radius 1 is 1.03 bits per heavy atom. The van der Waals surface area contributed by atoms with E-state index in [0.717, 1.165) is 45.1 Å². The SMILES string of the molecule is Cc1ncnc(N2CCOc3ccc(-c4ccc(C(=O)NCC(F)F)cc4)cc3C2)c1Cc1ccc(F)cc1. The quantitative estimate of drug-likeness (QED) is 0.337. The summed E-state index contributed by atoms with van der Waals surface area (Å²) >= 11 is 0. The van der Waals surface area contributed by atoms with E-state index in [1.54, 1.807) is 42.7 Å². The van der Waals surface area contributed by atoms with Gasteiger partial charge in [0.15, 0.2) is 0 Å². The summed E-state index contributed by atoms with van der Waals surface area (Å²) in [6, 6.07) is 19.2. The molecule has 1 N–H and O–H groups in total. The highest BCUT2D eigenvalue weighted by Crippen LogP contribution is 2.32. The number of nitrogens with one attached hydrogen (secondary N) is 1. The summed E-state index contributed by atoms with van der Waals surface area (Å²) in [7, 11) is 0. The largest absolute Gasteiger partial charge is 0.491 e. The number of benzene rings is 3. The molecule has 0 spiro atoms. The summed E-state index contributed by atoms with van der Waals surface area (Å²) in [6.07, 6.45) is -0.468. The highest BCUT2D eigenvalue weighted by Gasteiger charge is 2.21. The molecule has 0 saturated carbocycles. The first-order valence-electron chi connectivity index (χ1n) is 12.6. The number of alkyl halides is 2. The summed E-state index contributed by atoms with van der Waals surface area (Å²) in [5.74, 6) is 0.786. The molecule has 1 aliphatic heterocycles. The van der Waals surface area contributed by atoms with Crippen LogP contribution in [0.1, 0.15) is 32.7 Å². The number of rotatable bonds is 7. The zero-order valence-corrected chi connectivity index (χ0v) is 21.3. The maximum Gasteiger partial charge on any atom is 0.255 e. The lowest BCUT2D eigenvalue weighted by Crippen LogP contribution is -2.28. The lowest BCUT2D eigenvalue weighted by Gasteiger charge is -2.24. The number of fused-ring (bicyclic) bond motifs is 1. The maximum atomic E-state index is 13.4. The van der Waals surface area contributed by atoms with Gasteiger partial charge < -0.3 is 15.0 Å². The molecule has 1 amide bonds. The highest BCUT2D eigenvalue weighted by molar-refractivity contribution is 5.94. The second-order valence-corrected chi connectivity index (χ2v) is 9.34. The van der Waals surface area contributed by atoms with E-state index < -0.39 is 18.9 Å². The molecule has 1 aromatic heterocycles. The number of carbonyl (C=O) groups is 1. The number of halogens is 3. The molecule has 0 aliphatic carbocycles. The molecule has 0 atom stereocenters. The van der Waals surface area contributed by atoms with E-state index in [-0.39, 0.29) is 5.82 Å². The first-order valence-corrected chi connectivity index (χ1v) is 12.6. The smallest absolute Gasteiger partial charge is 0.255 e. The number of aryl methyl sites for hydroxylation is 1. The lowest BCUT2D eigenvalue weighted by atomic mass is 10.0. The Morgan fingerprint density at radius 3 is 2.51 bits per heavy atom. The zero-order chi connectivity index (χ0) is 27.4. The maximum absolute atomic E-state index is 13.4. The minimum absolute atomic E-state index is 0.276. The molecule has 0 saturated heterocycles. The van der Waals surface area contributed by atoms with Crippen molar-refractivity contribution in [3.63, 3.8) is 0 Å². The van der Waals surface area contributed by atoms with Crippen LogP contribution < -0.4 is 15.0 Å². The Hall–Kier alpha value is -4.40. The number of aromatic nitrogens is 2. The van der Waals surface area contributed by atoms with Crippen molar-refractivity contribution in [3.05, 3.63) is 107 Å². The average Bonchev–Trinajstić information content (AvgIpc) is 3.16.